The molecule has 1 N–H and O–H groups in total. The maximum atomic E-state index is 4.47. The predicted molar refractivity (Wildman–Crippen MR) is 56.0 cm³/mol. The van der Waals surface area contributed by atoms with Crippen LogP contribution >= 0.6 is 0 Å². The highest BCUT2D eigenvalue weighted by atomic mass is 15.1. The third-order valence-electron chi connectivity index (χ3n) is 2.18. The molecule has 0 radical (unpaired) electrons. The Morgan fingerprint density at radius 1 is 1.14 bits per heavy atom. The van der Waals surface area contributed by atoms with E-state index >= 15 is 0 Å². The molecule has 3 heteroatoms. The first-order chi connectivity index (χ1) is 6.66. The topological polar surface area (TPSA) is 41.6 Å². The summed E-state index contributed by atoms with van der Waals surface area (Å²) in [6.45, 7) is 6.10. The molecule has 0 aliphatic heterocycles. The molecule has 0 saturated carbocycles. The minimum Gasteiger partial charge on any atom is -0.276 e. The summed E-state index contributed by atoms with van der Waals surface area (Å²) >= 11 is 0. The molecule has 0 amide bonds. The van der Waals surface area contributed by atoms with Crippen LogP contribution in [0.4, 0.5) is 0 Å². The zero-order valence-electron chi connectivity index (χ0n) is 8.63. The van der Waals surface area contributed by atoms with Crippen molar-refractivity contribution in [2.45, 2.75) is 20.8 Å². The van der Waals surface area contributed by atoms with Gasteiger partial charge in [0.1, 0.15) is 0 Å². The highest BCUT2D eigenvalue weighted by molar-refractivity contribution is 5.58. The van der Waals surface area contributed by atoms with Crippen LogP contribution in [0.5, 0.6) is 0 Å². The molecule has 72 valence electrons. The molecule has 0 aliphatic carbocycles. The highest BCUT2D eigenvalue weighted by Crippen LogP contribution is 2.19. The van der Waals surface area contributed by atoms with Crippen LogP contribution in [0.15, 0.2) is 18.3 Å². The van der Waals surface area contributed by atoms with Crippen molar-refractivity contribution >= 4 is 0 Å². The van der Waals surface area contributed by atoms with Gasteiger partial charge >= 0.3 is 0 Å². The van der Waals surface area contributed by atoms with Gasteiger partial charge in [0.15, 0.2) is 0 Å². The van der Waals surface area contributed by atoms with Crippen molar-refractivity contribution < 1.29 is 0 Å². The molecule has 0 atom stereocenters. The van der Waals surface area contributed by atoms with Crippen molar-refractivity contribution in [2.24, 2.45) is 0 Å². The summed E-state index contributed by atoms with van der Waals surface area (Å²) in [6.07, 6.45) is 1.81. The van der Waals surface area contributed by atoms with Gasteiger partial charge in [-0.05, 0) is 44.0 Å². The summed E-state index contributed by atoms with van der Waals surface area (Å²) in [6, 6.07) is 4.13. The van der Waals surface area contributed by atoms with Gasteiger partial charge in [-0.15, -0.1) is 0 Å². The van der Waals surface area contributed by atoms with Gasteiger partial charge in [0.2, 0.25) is 0 Å². The van der Waals surface area contributed by atoms with Crippen LogP contribution in [-0.2, 0) is 0 Å². The van der Waals surface area contributed by atoms with Crippen LogP contribution in [0.1, 0.15) is 16.8 Å². The highest BCUT2D eigenvalue weighted by Gasteiger charge is 2.05. The van der Waals surface area contributed by atoms with Gasteiger partial charge in [0, 0.05) is 5.69 Å². The first-order valence-corrected chi connectivity index (χ1v) is 4.62. The van der Waals surface area contributed by atoms with E-state index in [9.17, 15) is 0 Å². The molecule has 2 rings (SSSR count). The molecule has 0 bridgehead atoms. The van der Waals surface area contributed by atoms with E-state index in [-0.39, 0.29) is 0 Å². The van der Waals surface area contributed by atoms with E-state index in [0.29, 0.717) is 0 Å². The third-order valence-corrected chi connectivity index (χ3v) is 2.18. The summed E-state index contributed by atoms with van der Waals surface area (Å²) in [5, 5.41) is 6.96. The number of H-pyrrole nitrogens is 1. The van der Waals surface area contributed by atoms with Crippen molar-refractivity contribution in [3.8, 4) is 11.4 Å². The SMILES string of the molecule is Cc1cc(C)nc(-c2[nH]ncc2C)c1. The Morgan fingerprint density at radius 2 is 1.93 bits per heavy atom. The van der Waals surface area contributed by atoms with E-state index in [1.165, 1.54) is 5.56 Å². The average molecular weight is 187 g/mol. The number of aromatic amines is 1. The van der Waals surface area contributed by atoms with Crippen LogP contribution in [0.25, 0.3) is 11.4 Å². The summed E-state index contributed by atoms with van der Waals surface area (Å²) in [7, 11) is 0. The number of rotatable bonds is 1. The lowest BCUT2D eigenvalue weighted by Gasteiger charge is -2.02. The van der Waals surface area contributed by atoms with Crippen molar-refractivity contribution in [3.63, 3.8) is 0 Å². The third kappa shape index (κ3) is 1.53. The number of hydrogen-bond donors (Lipinski definition) is 1. The average Bonchev–Trinajstić information content (AvgIpc) is 2.49. The maximum Gasteiger partial charge on any atom is 0.0888 e. The van der Waals surface area contributed by atoms with Gasteiger partial charge in [-0.2, -0.15) is 5.10 Å². The van der Waals surface area contributed by atoms with Crippen molar-refractivity contribution in [2.75, 3.05) is 0 Å². The summed E-state index contributed by atoms with van der Waals surface area (Å²) < 4.78 is 0. The van der Waals surface area contributed by atoms with Crippen molar-refractivity contribution in [1.29, 1.82) is 0 Å². The fraction of sp³-hybridized carbons (Fsp3) is 0.273. The molecular weight excluding hydrogens is 174 g/mol. The molecule has 2 aromatic heterocycles. The van der Waals surface area contributed by atoms with E-state index in [0.717, 1.165) is 22.6 Å². The quantitative estimate of drug-likeness (QED) is 0.744. The number of nitrogens with zero attached hydrogens (tertiary/aromatic N) is 2. The zero-order chi connectivity index (χ0) is 10.1. The van der Waals surface area contributed by atoms with Crippen molar-refractivity contribution in [3.05, 3.63) is 35.2 Å². The molecule has 0 aliphatic rings. The van der Waals surface area contributed by atoms with Gasteiger partial charge in [-0.1, -0.05) is 0 Å². The normalized spacial score (nSPS) is 10.5. The molecule has 0 spiro atoms. The molecule has 0 unspecified atom stereocenters. The second-order valence-corrected chi connectivity index (χ2v) is 3.60. The zero-order valence-corrected chi connectivity index (χ0v) is 8.63. The largest absolute Gasteiger partial charge is 0.276 e. The smallest absolute Gasteiger partial charge is 0.0888 e. The van der Waals surface area contributed by atoms with Crippen LogP contribution < -0.4 is 0 Å². The Labute approximate surface area is 83.2 Å². The van der Waals surface area contributed by atoms with E-state index in [1.807, 2.05) is 20.0 Å². The van der Waals surface area contributed by atoms with Crippen LogP contribution in [0.2, 0.25) is 0 Å². The molecule has 0 aromatic carbocycles. The fourth-order valence-corrected chi connectivity index (χ4v) is 1.58. The standard InChI is InChI=1S/C11H13N3/c1-7-4-9(3)13-10(5-7)11-8(2)6-12-14-11/h4-6H,1-3H3,(H,12,14). The monoisotopic (exact) mass is 187 g/mol. The number of aryl methyl sites for hydroxylation is 3. The first-order valence-electron chi connectivity index (χ1n) is 4.62. The van der Waals surface area contributed by atoms with Crippen LogP contribution in [0, 0.1) is 20.8 Å². The number of pyridine rings is 1. The van der Waals surface area contributed by atoms with Gasteiger partial charge in [0.25, 0.3) is 0 Å². The predicted octanol–water partition coefficient (Wildman–Crippen LogP) is 2.40. The van der Waals surface area contributed by atoms with E-state index in [4.69, 9.17) is 0 Å². The molecule has 14 heavy (non-hydrogen) atoms. The second kappa shape index (κ2) is 3.25. The molecule has 2 aromatic rings. The maximum absolute atomic E-state index is 4.47. The fourth-order valence-electron chi connectivity index (χ4n) is 1.58. The summed E-state index contributed by atoms with van der Waals surface area (Å²) in [5.41, 5.74) is 5.37. The molecule has 0 saturated heterocycles. The first kappa shape index (κ1) is 8.94. The Hall–Kier alpha value is -1.64. The van der Waals surface area contributed by atoms with E-state index in [2.05, 4.69) is 34.2 Å². The Kier molecular flexibility index (Phi) is 2.08. The number of aromatic nitrogens is 3. The molecular formula is C11H13N3. The van der Waals surface area contributed by atoms with Crippen molar-refractivity contribution in [1.82, 2.24) is 15.2 Å². The Bertz CT molecular complexity index is 437. The minimum atomic E-state index is 0.970. The van der Waals surface area contributed by atoms with Crippen LogP contribution in [0.3, 0.4) is 0 Å². The van der Waals surface area contributed by atoms with E-state index < -0.39 is 0 Å². The number of hydrogen-bond acceptors (Lipinski definition) is 2. The molecule has 2 heterocycles. The van der Waals surface area contributed by atoms with Gasteiger partial charge in [0.05, 0.1) is 17.6 Å². The van der Waals surface area contributed by atoms with Gasteiger partial charge in [-0.3, -0.25) is 10.1 Å². The summed E-state index contributed by atoms with van der Waals surface area (Å²) in [5.74, 6) is 0. The van der Waals surface area contributed by atoms with Gasteiger partial charge < -0.3 is 0 Å². The number of nitrogens with one attached hydrogen (secondary N) is 1. The lowest BCUT2D eigenvalue weighted by molar-refractivity contribution is 1.08. The molecule has 0 fully saturated rings. The Morgan fingerprint density at radius 3 is 2.50 bits per heavy atom. The lowest BCUT2D eigenvalue weighted by atomic mass is 10.1. The lowest BCUT2D eigenvalue weighted by Crippen LogP contribution is -1.90. The van der Waals surface area contributed by atoms with Gasteiger partial charge in [-0.25, -0.2) is 0 Å². The molecule has 3 nitrogen and oxygen atoms in total. The van der Waals surface area contributed by atoms with Crippen LogP contribution in [-0.4, -0.2) is 15.2 Å². The van der Waals surface area contributed by atoms with E-state index in [1.54, 1.807) is 0 Å². The summed E-state index contributed by atoms with van der Waals surface area (Å²) in [4.78, 5) is 4.47. The Balaban J connectivity index is 2.57. The minimum absolute atomic E-state index is 0.970. The second-order valence-electron chi connectivity index (χ2n) is 3.60.